The molecular formula is C23H29N4O2+. The fraction of sp³-hybridized carbons (Fsp3) is 0.304. The number of ether oxygens (including phenoxy) is 1. The maximum Gasteiger partial charge on any atom is 0.279 e. The smallest absolute Gasteiger partial charge is 0.279 e. The first-order chi connectivity index (χ1) is 14.0. The molecule has 0 aliphatic rings. The number of quaternary nitrogens is 1. The highest BCUT2D eigenvalue weighted by Gasteiger charge is 2.18. The number of benzene rings is 2. The third kappa shape index (κ3) is 5.23. The number of carbonyl (C=O) groups is 1. The van der Waals surface area contributed by atoms with E-state index in [0.717, 1.165) is 40.0 Å². The molecule has 0 radical (unpaired) electrons. The fourth-order valence-electron chi connectivity index (χ4n) is 3.40. The maximum atomic E-state index is 12.4. The largest absolute Gasteiger partial charge is 0.494 e. The highest BCUT2D eigenvalue weighted by molar-refractivity contribution is 5.91. The molecule has 0 aliphatic heterocycles. The second kappa shape index (κ2) is 9.39. The standard InChI is InChI=1S/C23H28N4O2/c1-5-29-21-13-11-19(12-14-21)24-23(28)16-26(4)15-22-17(2)25-27(18(22)3)20-9-7-6-8-10-20/h6-14H,5,15-16H2,1-4H3,(H,24,28)/p+1. The highest BCUT2D eigenvalue weighted by Crippen LogP contribution is 2.17. The topological polar surface area (TPSA) is 60.6 Å². The van der Waals surface area contributed by atoms with Crippen molar-refractivity contribution in [3.05, 3.63) is 71.5 Å². The Morgan fingerprint density at radius 3 is 2.45 bits per heavy atom. The molecule has 1 unspecified atom stereocenters. The fourth-order valence-corrected chi connectivity index (χ4v) is 3.40. The summed E-state index contributed by atoms with van der Waals surface area (Å²) < 4.78 is 7.40. The predicted octanol–water partition coefficient (Wildman–Crippen LogP) is 2.54. The van der Waals surface area contributed by atoms with E-state index in [9.17, 15) is 4.79 Å². The summed E-state index contributed by atoms with van der Waals surface area (Å²) in [7, 11) is 2.02. The zero-order valence-corrected chi connectivity index (χ0v) is 17.5. The molecule has 0 bridgehead atoms. The molecule has 6 heteroatoms. The third-order valence-corrected chi connectivity index (χ3v) is 4.83. The Morgan fingerprint density at radius 2 is 1.79 bits per heavy atom. The lowest BCUT2D eigenvalue weighted by Gasteiger charge is -2.14. The quantitative estimate of drug-likeness (QED) is 0.618. The van der Waals surface area contributed by atoms with Crippen LogP contribution in [0.1, 0.15) is 23.9 Å². The van der Waals surface area contributed by atoms with Crippen LogP contribution in [-0.2, 0) is 11.3 Å². The summed E-state index contributed by atoms with van der Waals surface area (Å²) in [5.74, 6) is 0.784. The summed E-state index contributed by atoms with van der Waals surface area (Å²) >= 11 is 0. The van der Waals surface area contributed by atoms with Gasteiger partial charge >= 0.3 is 0 Å². The van der Waals surface area contributed by atoms with E-state index in [1.54, 1.807) is 0 Å². The number of amides is 1. The van der Waals surface area contributed by atoms with E-state index in [2.05, 4.69) is 12.2 Å². The van der Waals surface area contributed by atoms with Crippen LogP contribution in [0.25, 0.3) is 5.69 Å². The number of rotatable bonds is 8. The molecule has 0 aliphatic carbocycles. The monoisotopic (exact) mass is 393 g/mol. The molecule has 0 saturated carbocycles. The minimum absolute atomic E-state index is 0.0163. The number of carbonyl (C=O) groups excluding carboxylic acids is 1. The number of anilines is 1. The van der Waals surface area contributed by atoms with Crippen molar-refractivity contribution in [1.82, 2.24) is 9.78 Å². The van der Waals surface area contributed by atoms with Crippen molar-refractivity contribution in [2.75, 3.05) is 25.5 Å². The lowest BCUT2D eigenvalue weighted by atomic mass is 10.2. The number of hydrogen-bond acceptors (Lipinski definition) is 3. The number of nitrogens with one attached hydrogen (secondary N) is 2. The van der Waals surface area contributed by atoms with Crippen LogP contribution in [0.4, 0.5) is 5.69 Å². The van der Waals surface area contributed by atoms with Gasteiger partial charge in [0.15, 0.2) is 6.54 Å². The second-order valence-corrected chi connectivity index (χ2v) is 7.21. The summed E-state index contributed by atoms with van der Waals surface area (Å²) in [4.78, 5) is 13.5. The third-order valence-electron chi connectivity index (χ3n) is 4.83. The molecule has 2 N–H and O–H groups in total. The van der Waals surface area contributed by atoms with Crippen LogP contribution in [0.3, 0.4) is 0 Å². The van der Waals surface area contributed by atoms with Crippen molar-refractivity contribution in [3.8, 4) is 11.4 Å². The molecule has 1 heterocycles. The van der Waals surface area contributed by atoms with Gasteiger partial charge in [-0.3, -0.25) is 4.79 Å². The Hall–Kier alpha value is -3.12. The first-order valence-electron chi connectivity index (χ1n) is 9.92. The molecule has 1 atom stereocenters. The van der Waals surface area contributed by atoms with E-state index in [4.69, 9.17) is 9.84 Å². The summed E-state index contributed by atoms with van der Waals surface area (Å²) in [6.45, 7) is 7.79. The molecule has 152 valence electrons. The van der Waals surface area contributed by atoms with Gasteiger partial charge in [-0.1, -0.05) is 18.2 Å². The molecule has 0 saturated heterocycles. The Bertz CT molecular complexity index is 949. The van der Waals surface area contributed by atoms with Crippen LogP contribution in [-0.4, -0.2) is 35.9 Å². The average molecular weight is 394 g/mol. The van der Waals surface area contributed by atoms with E-state index in [1.165, 1.54) is 5.56 Å². The van der Waals surface area contributed by atoms with Gasteiger partial charge in [0.25, 0.3) is 5.91 Å². The summed E-state index contributed by atoms with van der Waals surface area (Å²) in [6, 6.07) is 17.5. The summed E-state index contributed by atoms with van der Waals surface area (Å²) in [5, 5.41) is 7.65. The van der Waals surface area contributed by atoms with E-state index in [-0.39, 0.29) is 5.91 Å². The van der Waals surface area contributed by atoms with E-state index >= 15 is 0 Å². The van der Waals surface area contributed by atoms with Crippen LogP contribution in [0.15, 0.2) is 54.6 Å². The number of likely N-dealkylation sites (N-methyl/N-ethyl adjacent to an activating group) is 1. The van der Waals surface area contributed by atoms with E-state index in [1.807, 2.05) is 80.2 Å². The summed E-state index contributed by atoms with van der Waals surface area (Å²) in [5.41, 5.74) is 5.11. The van der Waals surface area contributed by atoms with Gasteiger partial charge in [-0.05, 0) is 57.2 Å². The van der Waals surface area contributed by atoms with Crippen LogP contribution in [0.2, 0.25) is 0 Å². The molecule has 29 heavy (non-hydrogen) atoms. The normalized spacial score (nSPS) is 11.9. The Balaban J connectivity index is 1.61. The number of aromatic nitrogens is 2. The lowest BCUT2D eigenvalue weighted by molar-refractivity contribution is -0.885. The molecule has 3 rings (SSSR count). The molecular weight excluding hydrogens is 364 g/mol. The van der Waals surface area contributed by atoms with Crippen LogP contribution in [0, 0.1) is 13.8 Å². The van der Waals surface area contributed by atoms with Gasteiger partial charge in [-0.15, -0.1) is 0 Å². The van der Waals surface area contributed by atoms with Gasteiger partial charge in [-0.25, -0.2) is 4.68 Å². The van der Waals surface area contributed by atoms with Crippen molar-refractivity contribution in [2.45, 2.75) is 27.3 Å². The van der Waals surface area contributed by atoms with Crippen molar-refractivity contribution in [1.29, 1.82) is 0 Å². The molecule has 2 aromatic carbocycles. The molecule has 1 amide bonds. The Labute approximate surface area is 172 Å². The van der Waals surface area contributed by atoms with Crippen LogP contribution in [0.5, 0.6) is 5.75 Å². The van der Waals surface area contributed by atoms with Crippen molar-refractivity contribution >= 4 is 11.6 Å². The summed E-state index contributed by atoms with van der Waals surface area (Å²) in [6.07, 6.45) is 0. The van der Waals surface area contributed by atoms with Gasteiger partial charge in [0.1, 0.15) is 12.3 Å². The van der Waals surface area contributed by atoms with E-state index < -0.39 is 0 Å². The van der Waals surface area contributed by atoms with Gasteiger partial charge in [-0.2, -0.15) is 5.10 Å². The van der Waals surface area contributed by atoms with Gasteiger partial charge in [0, 0.05) is 5.69 Å². The Kier molecular flexibility index (Phi) is 6.67. The van der Waals surface area contributed by atoms with Gasteiger partial charge in [0.05, 0.1) is 36.3 Å². The first-order valence-corrected chi connectivity index (χ1v) is 9.92. The van der Waals surface area contributed by atoms with Crippen molar-refractivity contribution < 1.29 is 14.4 Å². The van der Waals surface area contributed by atoms with Crippen LogP contribution >= 0.6 is 0 Å². The predicted molar refractivity (Wildman–Crippen MR) is 115 cm³/mol. The molecule has 3 aromatic rings. The van der Waals surface area contributed by atoms with Gasteiger partial charge in [0.2, 0.25) is 0 Å². The Morgan fingerprint density at radius 1 is 1.10 bits per heavy atom. The SMILES string of the molecule is CCOc1ccc(NC(=O)C[NH+](C)Cc2c(C)nn(-c3ccccc3)c2C)cc1. The van der Waals surface area contributed by atoms with Crippen molar-refractivity contribution in [3.63, 3.8) is 0 Å². The van der Waals surface area contributed by atoms with Crippen molar-refractivity contribution in [2.24, 2.45) is 0 Å². The highest BCUT2D eigenvalue weighted by atomic mass is 16.5. The van der Waals surface area contributed by atoms with Crippen LogP contribution < -0.4 is 15.0 Å². The molecule has 0 fully saturated rings. The zero-order chi connectivity index (χ0) is 20.8. The van der Waals surface area contributed by atoms with Gasteiger partial charge < -0.3 is 15.0 Å². The molecule has 0 spiro atoms. The number of hydrogen-bond donors (Lipinski definition) is 2. The maximum absolute atomic E-state index is 12.4. The number of para-hydroxylation sites is 1. The number of nitrogens with zero attached hydrogens (tertiary/aromatic N) is 2. The minimum Gasteiger partial charge on any atom is -0.494 e. The molecule has 1 aromatic heterocycles. The van der Waals surface area contributed by atoms with E-state index in [0.29, 0.717) is 13.2 Å². The zero-order valence-electron chi connectivity index (χ0n) is 17.5. The second-order valence-electron chi connectivity index (χ2n) is 7.21. The lowest BCUT2D eigenvalue weighted by Crippen LogP contribution is -3.08. The first kappa shape index (κ1) is 20.6. The molecule has 6 nitrogen and oxygen atoms in total. The minimum atomic E-state index is -0.0163. The average Bonchev–Trinajstić information content (AvgIpc) is 2.98. The number of aryl methyl sites for hydroxylation is 1.